The van der Waals surface area contributed by atoms with Crippen molar-refractivity contribution < 1.29 is 30.8 Å². The number of aromatic nitrogens is 1. The number of alkyl halides is 3. The summed E-state index contributed by atoms with van der Waals surface area (Å²) >= 11 is 0. The van der Waals surface area contributed by atoms with E-state index in [0.717, 1.165) is 24.6 Å². The zero-order chi connectivity index (χ0) is 23.7. The third-order valence-electron chi connectivity index (χ3n) is 4.56. The summed E-state index contributed by atoms with van der Waals surface area (Å²) in [7, 11) is -3.72. The zero-order valence-corrected chi connectivity index (χ0v) is 17.8. The third-order valence-corrected chi connectivity index (χ3v) is 5.66. The highest BCUT2D eigenvalue weighted by atomic mass is 32.2. The lowest BCUT2D eigenvalue weighted by atomic mass is 10.0. The number of anilines is 1. The quantitative estimate of drug-likeness (QED) is 0.507. The van der Waals surface area contributed by atoms with Gasteiger partial charge in [-0.25, -0.2) is 12.8 Å². The lowest BCUT2D eigenvalue weighted by molar-refractivity contribution is -0.118. The second-order valence-corrected chi connectivity index (χ2v) is 9.20. The summed E-state index contributed by atoms with van der Waals surface area (Å²) < 4.78 is 78.6. The molecule has 1 amide bonds. The van der Waals surface area contributed by atoms with Gasteiger partial charge in [-0.05, 0) is 42.8 Å². The average molecular weight is 466 g/mol. The van der Waals surface area contributed by atoms with Crippen LogP contribution in [-0.4, -0.2) is 38.3 Å². The Kier molecular flexibility index (Phi) is 6.36. The Hall–Kier alpha value is -3.27. The largest absolute Gasteiger partial charge is 0.406 e. The highest BCUT2D eigenvalue weighted by Crippen LogP contribution is 2.34. The molecule has 1 heterocycles. The van der Waals surface area contributed by atoms with Gasteiger partial charge in [0.1, 0.15) is 12.4 Å². The van der Waals surface area contributed by atoms with Gasteiger partial charge in [0.25, 0.3) is 5.91 Å². The van der Waals surface area contributed by atoms with Crippen LogP contribution >= 0.6 is 0 Å². The fourth-order valence-electron chi connectivity index (χ4n) is 3.20. The number of hydrogen-bond acceptors (Lipinski definition) is 4. The minimum Gasteiger partial charge on any atom is -0.297 e. The predicted octanol–water partition coefficient (Wildman–Crippen LogP) is 4.81. The Morgan fingerprint density at radius 2 is 1.75 bits per heavy atom. The van der Waals surface area contributed by atoms with E-state index in [1.807, 2.05) is 0 Å². The molecule has 3 aromatic rings. The van der Waals surface area contributed by atoms with E-state index >= 15 is 0 Å². The van der Waals surface area contributed by atoms with Gasteiger partial charge < -0.3 is 0 Å². The Morgan fingerprint density at radius 1 is 1.06 bits per heavy atom. The second kappa shape index (κ2) is 8.70. The Labute approximate surface area is 182 Å². The van der Waals surface area contributed by atoms with Gasteiger partial charge in [0.2, 0.25) is 0 Å². The number of carbonyl (C=O) groups excluding carboxylic acids is 1. The number of nitrogens with zero attached hydrogens (tertiary/aromatic N) is 2. The van der Waals surface area contributed by atoms with E-state index in [2.05, 4.69) is 4.98 Å². The van der Waals surface area contributed by atoms with Gasteiger partial charge in [0.05, 0.1) is 16.8 Å². The molecule has 0 unspecified atom stereocenters. The predicted molar refractivity (Wildman–Crippen MR) is 112 cm³/mol. The molecule has 0 aliphatic rings. The van der Waals surface area contributed by atoms with Crippen molar-refractivity contribution in [2.45, 2.75) is 18.0 Å². The molecule has 168 valence electrons. The van der Waals surface area contributed by atoms with Crippen LogP contribution in [0, 0.1) is 12.7 Å². The number of halogens is 4. The highest BCUT2D eigenvalue weighted by Gasteiger charge is 2.36. The molecule has 0 saturated carbocycles. The summed E-state index contributed by atoms with van der Waals surface area (Å²) in [4.78, 5) is 17.3. The Balaban J connectivity index is 2.20. The molecule has 0 aliphatic carbocycles. The molecular weight excluding hydrogens is 448 g/mol. The van der Waals surface area contributed by atoms with E-state index < -0.39 is 34.3 Å². The molecule has 0 fully saturated rings. The van der Waals surface area contributed by atoms with Gasteiger partial charge in [0, 0.05) is 29.1 Å². The number of carbonyl (C=O) groups is 1. The fourth-order valence-corrected chi connectivity index (χ4v) is 3.94. The van der Waals surface area contributed by atoms with Gasteiger partial charge >= 0.3 is 6.18 Å². The van der Waals surface area contributed by atoms with Crippen LogP contribution in [0.3, 0.4) is 0 Å². The number of aryl methyl sites for hydroxylation is 1. The molecule has 0 atom stereocenters. The maximum Gasteiger partial charge on any atom is 0.406 e. The van der Waals surface area contributed by atoms with E-state index in [1.54, 1.807) is 0 Å². The first-order chi connectivity index (χ1) is 14.9. The minimum absolute atomic E-state index is 0.00839. The monoisotopic (exact) mass is 466 g/mol. The molecular formula is C22H18F4N2O3S. The fraction of sp³-hybridized carbons (Fsp3) is 0.182. The topological polar surface area (TPSA) is 67.3 Å². The lowest BCUT2D eigenvalue weighted by Crippen LogP contribution is -2.39. The molecule has 3 rings (SSSR count). The van der Waals surface area contributed by atoms with Crippen molar-refractivity contribution in [3.05, 3.63) is 77.9 Å². The van der Waals surface area contributed by atoms with Gasteiger partial charge in [-0.3, -0.25) is 14.7 Å². The molecule has 0 aliphatic heterocycles. The SMILES string of the molecule is Cc1cc(C(=O)N(CC(F)(F)F)c2cnccc2-c2ccccc2F)cc(S(C)(=O)=O)c1. The number of amides is 1. The normalized spacial score (nSPS) is 11.9. The van der Waals surface area contributed by atoms with Crippen LogP contribution in [0.25, 0.3) is 11.1 Å². The van der Waals surface area contributed by atoms with Crippen LogP contribution in [0.15, 0.2) is 65.8 Å². The first-order valence-electron chi connectivity index (χ1n) is 9.26. The number of rotatable bonds is 5. The molecule has 32 heavy (non-hydrogen) atoms. The molecule has 0 bridgehead atoms. The van der Waals surface area contributed by atoms with Crippen molar-refractivity contribution in [3.8, 4) is 11.1 Å². The smallest absolute Gasteiger partial charge is 0.297 e. The molecule has 2 aromatic carbocycles. The van der Waals surface area contributed by atoms with Crippen molar-refractivity contribution in [3.63, 3.8) is 0 Å². The number of sulfone groups is 1. The van der Waals surface area contributed by atoms with Crippen molar-refractivity contribution in [2.75, 3.05) is 17.7 Å². The summed E-state index contributed by atoms with van der Waals surface area (Å²) in [6.45, 7) is -0.157. The molecule has 10 heteroatoms. The van der Waals surface area contributed by atoms with Crippen LogP contribution in [0.5, 0.6) is 0 Å². The lowest BCUT2D eigenvalue weighted by Gasteiger charge is -2.26. The van der Waals surface area contributed by atoms with Crippen LogP contribution in [0.2, 0.25) is 0 Å². The first-order valence-corrected chi connectivity index (χ1v) is 11.2. The molecule has 5 nitrogen and oxygen atoms in total. The van der Waals surface area contributed by atoms with Crippen LogP contribution in [0.4, 0.5) is 23.2 Å². The van der Waals surface area contributed by atoms with Gasteiger partial charge in [-0.2, -0.15) is 13.2 Å². The van der Waals surface area contributed by atoms with Crippen LogP contribution < -0.4 is 4.90 Å². The molecule has 1 aromatic heterocycles. The number of benzene rings is 2. The first kappa shape index (κ1) is 23.4. The summed E-state index contributed by atoms with van der Waals surface area (Å²) in [5.74, 6) is -1.78. The van der Waals surface area contributed by atoms with Crippen molar-refractivity contribution in [2.24, 2.45) is 0 Å². The Bertz CT molecular complexity index is 1270. The average Bonchev–Trinajstić information content (AvgIpc) is 2.70. The van der Waals surface area contributed by atoms with E-state index in [9.17, 15) is 30.8 Å². The maximum atomic E-state index is 14.4. The maximum absolute atomic E-state index is 14.4. The Morgan fingerprint density at radius 3 is 2.38 bits per heavy atom. The minimum atomic E-state index is -4.79. The van der Waals surface area contributed by atoms with Gasteiger partial charge in [-0.15, -0.1) is 0 Å². The summed E-state index contributed by atoms with van der Waals surface area (Å²) in [6.07, 6.45) is -1.54. The molecule has 0 saturated heterocycles. The van der Waals surface area contributed by atoms with Crippen molar-refractivity contribution in [1.82, 2.24) is 4.98 Å². The number of pyridine rings is 1. The number of hydrogen-bond donors (Lipinski definition) is 0. The summed E-state index contributed by atoms with van der Waals surface area (Å²) in [5.41, 5.74) is -0.110. The molecule has 0 spiro atoms. The molecule has 0 radical (unpaired) electrons. The summed E-state index contributed by atoms with van der Waals surface area (Å²) in [6, 6.07) is 10.4. The highest BCUT2D eigenvalue weighted by molar-refractivity contribution is 7.90. The third kappa shape index (κ3) is 5.31. The van der Waals surface area contributed by atoms with Crippen LogP contribution in [0.1, 0.15) is 15.9 Å². The standard InChI is InChI=1S/C22H18F4N2O3S/c1-14-9-15(11-16(10-14)32(2,30)31)21(29)28(13-22(24,25)26)20-12-27-8-7-18(20)17-5-3-4-6-19(17)23/h3-12H,13H2,1-2H3. The van der Waals surface area contributed by atoms with Gasteiger partial charge in [-0.1, -0.05) is 18.2 Å². The molecule has 0 N–H and O–H groups in total. The second-order valence-electron chi connectivity index (χ2n) is 7.19. The van der Waals surface area contributed by atoms with Crippen molar-refractivity contribution in [1.29, 1.82) is 0 Å². The van der Waals surface area contributed by atoms with Crippen LogP contribution in [-0.2, 0) is 9.84 Å². The van der Waals surface area contributed by atoms with Gasteiger partial charge in [0.15, 0.2) is 9.84 Å². The van der Waals surface area contributed by atoms with E-state index in [-0.39, 0.29) is 27.3 Å². The summed E-state index contributed by atoms with van der Waals surface area (Å²) in [5, 5.41) is 0. The van der Waals surface area contributed by atoms with E-state index in [4.69, 9.17) is 0 Å². The van der Waals surface area contributed by atoms with Crippen molar-refractivity contribution >= 4 is 21.4 Å². The van der Waals surface area contributed by atoms with E-state index in [1.165, 1.54) is 49.5 Å². The van der Waals surface area contributed by atoms with E-state index in [0.29, 0.717) is 10.5 Å². The zero-order valence-electron chi connectivity index (χ0n) is 17.0.